The number of hydrogen-bond acceptors (Lipinski definition) is 14. The molecule has 10 aromatic heterocycles. The summed E-state index contributed by atoms with van der Waals surface area (Å²) in [7, 11) is 0. The number of aryl methyl sites for hydroxylation is 4. The van der Waals surface area contributed by atoms with Gasteiger partial charge in [-0.05, 0) is 227 Å². The normalized spacial score (nSPS) is 11.4. The van der Waals surface area contributed by atoms with Gasteiger partial charge in [0, 0.05) is 88.0 Å². The number of fused-ring (bicyclic) bond motifs is 4. The van der Waals surface area contributed by atoms with Gasteiger partial charge in [-0.3, -0.25) is 14.4 Å². The van der Waals surface area contributed by atoms with Crippen LogP contribution < -0.4 is 50.8 Å². The molecule has 25 heteroatoms. The molecule has 0 saturated heterocycles. The van der Waals surface area contributed by atoms with Crippen molar-refractivity contribution in [2.45, 2.75) is 142 Å². The second-order valence-electron chi connectivity index (χ2n) is 23.6. The molecule has 10 heterocycles. The van der Waals surface area contributed by atoms with Crippen molar-refractivity contribution in [1.29, 1.82) is 0 Å². The number of carbonyl (C=O) groups is 4. The Bertz CT molecular complexity index is 4940. The van der Waals surface area contributed by atoms with E-state index in [9.17, 15) is 39.0 Å². The third-order valence-corrected chi connectivity index (χ3v) is 16.9. The van der Waals surface area contributed by atoms with Crippen LogP contribution in [0.15, 0.2) is 119 Å². The average molecular weight is 1540 g/mol. The van der Waals surface area contributed by atoms with Crippen LogP contribution in [0.1, 0.15) is 193 Å². The predicted molar refractivity (Wildman–Crippen MR) is 416 cm³/mol. The van der Waals surface area contributed by atoms with Crippen molar-refractivity contribution in [1.82, 2.24) is 37.7 Å². The maximum Gasteiger partial charge on any atom is 1.00 e. The number of carboxylic acids is 1. The number of carboxylic acid groups (broad SMARTS) is 1. The van der Waals surface area contributed by atoms with Gasteiger partial charge in [0.15, 0.2) is 0 Å². The number of esters is 2. The molecule has 558 valence electrons. The molecule has 1 amide bonds. The molecule has 0 bridgehead atoms. The minimum Gasteiger partial charge on any atom is -0.870 e. The van der Waals surface area contributed by atoms with Gasteiger partial charge in [-0.1, -0.05) is 47.0 Å². The summed E-state index contributed by atoms with van der Waals surface area (Å²) in [4.78, 5) is 79.7. The molecule has 0 saturated carbocycles. The van der Waals surface area contributed by atoms with E-state index in [-0.39, 0.29) is 122 Å². The maximum atomic E-state index is 13.0. The van der Waals surface area contributed by atoms with Gasteiger partial charge in [-0.15, -0.1) is 25.7 Å². The zero-order chi connectivity index (χ0) is 76.4. The number of nitrogens with one attached hydrogen (secondary N) is 4. The molecule has 0 aliphatic heterocycles. The summed E-state index contributed by atoms with van der Waals surface area (Å²) in [5, 5.41) is 22.7. The molecule has 0 aromatic carbocycles. The number of aliphatic hydroxyl groups is 1. The van der Waals surface area contributed by atoms with Gasteiger partial charge >= 0.3 is 47.5 Å². The molecule has 10 rings (SSSR count). The molecule has 10 aromatic rings. The van der Waals surface area contributed by atoms with Crippen LogP contribution in [0.5, 0.6) is 0 Å². The van der Waals surface area contributed by atoms with Gasteiger partial charge in [0.05, 0.1) is 82.4 Å². The van der Waals surface area contributed by atoms with E-state index in [2.05, 4.69) is 59.7 Å². The van der Waals surface area contributed by atoms with Crippen LogP contribution in [0.4, 0.5) is 0 Å². The summed E-state index contributed by atoms with van der Waals surface area (Å²) >= 11 is 8.33. The molecule has 0 radical (unpaired) electrons. The summed E-state index contributed by atoms with van der Waals surface area (Å²) in [5.41, 5.74) is 16.3. The Morgan fingerprint density at radius 3 is 1.16 bits per heavy atom. The van der Waals surface area contributed by atoms with Gasteiger partial charge in [-0.2, -0.15) is 0 Å². The molecule has 0 aliphatic carbocycles. The fraction of sp³-hybridized carbons (Fsp3) is 0.333. The van der Waals surface area contributed by atoms with E-state index in [4.69, 9.17) is 61.2 Å². The predicted octanol–water partition coefficient (Wildman–Crippen LogP) is 11.2. The smallest absolute Gasteiger partial charge is 0.870 e. The number of ether oxygens (including phenoxy) is 5. The number of terminal acetylenes is 4. The molecule has 7 N–H and O–H groups in total. The summed E-state index contributed by atoms with van der Waals surface area (Å²) in [6, 6.07) is 26.2. The van der Waals surface area contributed by atoms with Crippen molar-refractivity contribution < 1.29 is 88.1 Å². The first-order valence-electron chi connectivity index (χ1n) is 32.9. The van der Waals surface area contributed by atoms with Crippen LogP contribution in [-0.2, 0) is 36.8 Å². The number of H-pyrrole nitrogens is 2. The number of aliphatic hydroxyl groups excluding tert-OH is 1. The van der Waals surface area contributed by atoms with Gasteiger partial charge in [0.25, 0.3) is 17.0 Å². The minimum absolute atomic E-state index is 0. The minimum atomic E-state index is -0.938. The fourth-order valence-corrected chi connectivity index (χ4v) is 12.0. The van der Waals surface area contributed by atoms with E-state index < -0.39 is 12.1 Å². The van der Waals surface area contributed by atoms with Crippen LogP contribution in [0.2, 0.25) is 0 Å². The summed E-state index contributed by atoms with van der Waals surface area (Å²) < 4.78 is 34.9. The van der Waals surface area contributed by atoms with Crippen molar-refractivity contribution >= 4 is 73.6 Å². The van der Waals surface area contributed by atoms with Crippen LogP contribution in [0, 0.1) is 105 Å². The number of halogens is 2. The number of aromatic carboxylic acids is 1. The summed E-state index contributed by atoms with van der Waals surface area (Å²) in [6.07, 6.45) is 26.7. The largest absolute Gasteiger partial charge is 1.00 e. The van der Waals surface area contributed by atoms with Gasteiger partial charge in [0.1, 0.15) is 19.8 Å². The first-order valence-corrected chi connectivity index (χ1v) is 34.4. The first kappa shape index (κ1) is 92.7. The first-order chi connectivity index (χ1) is 49.1. The molecular formula is C81H95BrClN8NaO14. The Morgan fingerprint density at radius 1 is 0.538 bits per heavy atom. The molecule has 4 atom stereocenters. The maximum absolute atomic E-state index is 13.0. The van der Waals surface area contributed by atoms with Gasteiger partial charge < -0.3 is 72.3 Å². The third-order valence-electron chi connectivity index (χ3n) is 16.5. The summed E-state index contributed by atoms with van der Waals surface area (Å²) in [5.74, 6) is 7.87. The Hall–Kier alpha value is -9.41. The number of pyridine rings is 6. The standard InChI is InChI=1S/C23H25N3O3.C17H19NO3.C15H15NO3.C14H17NO3.C8H11ClN2O.C3H3Br.CH4.Na.H2O/c1-6-10-29-17(5)21-16(4)19(12-18-8-7-9-26(18)21)22(27)24-13-20-14(2)11-15(3)25-23(20)28;1-5-10-21-13(4)16-12(3)15(17(19)20-6-2)11-14-8-7-9-18(14)16;1-4-8-19-11(3)14-10(2)13(15(17)18)9-12-6-5-7-16(12)14;1-4-18-14(17)12-8-11-6-5-7-15(11)13(9(12)2)10(3)16;1-5-3-6(2)11-8(12)7(5)4-10-9;1-2-3-4;;;/h1,7-9,11-12,17H,10,13H2,2-5H3,(H,24,27)(H,25,28);1,7-9,11,13H,6,10H2,2-4H3;1,5-7,9,11H,8H2,2-3H3,(H,17,18);5-8,10,16H,4H2,1-3H3;3,10H,4H2,1-2H3,(H,11,12);1H,3H2;1H4;;1H2/q;;;;;;;+1;/p-1. The Kier molecular flexibility index (Phi) is 39.5. The van der Waals surface area contributed by atoms with Crippen molar-refractivity contribution in [2.24, 2.45) is 0 Å². The molecule has 106 heavy (non-hydrogen) atoms. The zero-order valence-corrected chi connectivity index (χ0v) is 66.4. The number of carbonyl (C=O) groups excluding carboxylic acids is 3. The molecule has 22 nitrogen and oxygen atoms in total. The number of hydrogen-bond donors (Lipinski definition) is 6. The van der Waals surface area contributed by atoms with E-state index in [1.807, 2.05) is 184 Å². The van der Waals surface area contributed by atoms with Crippen molar-refractivity contribution in [3.05, 3.63) is 231 Å². The van der Waals surface area contributed by atoms with Crippen molar-refractivity contribution in [3.63, 3.8) is 0 Å². The number of rotatable bonds is 20. The topological polar surface area (TPSA) is 292 Å². The second-order valence-corrected chi connectivity index (χ2v) is 24.4. The van der Waals surface area contributed by atoms with E-state index >= 15 is 0 Å². The van der Waals surface area contributed by atoms with E-state index in [1.54, 1.807) is 39.8 Å². The molecular weight excluding hydrogens is 1450 g/mol. The quantitative estimate of drug-likeness (QED) is 0.0136. The Labute approximate surface area is 655 Å². The zero-order valence-electron chi connectivity index (χ0n) is 62.0. The molecule has 0 fully saturated rings. The Balaban J connectivity index is 0.000000451. The summed E-state index contributed by atoms with van der Waals surface area (Å²) in [6.45, 7) is 27.7. The number of aromatic nitrogens is 6. The van der Waals surface area contributed by atoms with Crippen LogP contribution >= 0.6 is 27.7 Å². The van der Waals surface area contributed by atoms with Crippen LogP contribution in [0.3, 0.4) is 0 Å². The van der Waals surface area contributed by atoms with E-state index in [0.717, 1.165) is 84.0 Å². The van der Waals surface area contributed by atoms with Crippen LogP contribution in [0.25, 0.3) is 22.1 Å². The number of nitrogens with zero attached hydrogens (tertiary/aromatic N) is 4. The molecule has 0 aliphatic rings. The number of aromatic amines is 2. The van der Waals surface area contributed by atoms with E-state index in [0.29, 0.717) is 58.5 Å². The van der Waals surface area contributed by atoms with Gasteiger partial charge in [0.2, 0.25) is 0 Å². The molecule has 4 unspecified atom stereocenters. The average Bonchev–Trinajstić information content (AvgIpc) is 1.54. The van der Waals surface area contributed by atoms with Crippen molar-refractivity contribution in [2.75, 3.05) is 38.4 Å². The third kappa shape index (κ3) is 24.1. The monoisotopic (exact) mass is 1540 g/mol. The van der Waals surface area contributed by atoms with Gasteiger partial charge in [-0.25, -0.2) is 19.2 Å². The number of alkyl halides is 1. The van der Waals surface area contributed by atoms with Crippen molar-refractivity contribution in [3.8, 4) is 49.4 Å². The fourth-order valence-electron chi connectivity index (χ4n) is 11.8. The van der Waals surface area contributed by atoms with E-state index in [1.165, 1.54) is 0 Å². The number of amides is 1. The SMILES string of the molecule is C.C#CCBr.C#CCOC(C)c1c(C)c(C(=O)NCc2c(C)cc(C)[nH]c2=O)cc2cccn12.C#CCOC(C)c1c(C)c(C(=O)O)cc2cccn12.C#CCOC(C)c1c(C)c(C(=O)OCC)cc2cccn12.CCOC(=O)c1cc2cccn2c(C(C)O)c1C.Cc1cc(C)c(CNCl)c(=O)[nH]1.[Na+].[OH-]. The Morgan fingerprint density at radius 2 is 0.849 bits per heavy atom. The second kappa shape index (κ2) is 45.2. The molecule has 0 spiro atoms. The van der Waals surface area contributed by atoms with Crippen LogP contribution in [-0.4, -0.2) is 105 Å².